The van der Waals surface area contributed by atoms with E-state index >= 15 is 0 Å². The molecule has 2 unspecified atom stereocenters. The smallest absolute Gasteiger partial charge is 0.229 e. The van der Waals surface area contributed by atoms with Crippen molar-refractivity contribution in [2.24, 2.45) is 0 Å². The zero-order chi connectivity index (χ0) is 31.6. The summed E-state index contributed by atoms with van der Waals surface area (Å²) in [4.78, 5) is 25.6. The third-order valence-electron chi connectivity index (χ3n) is 9.18. The summed E-state index contributed by atoms with van der Waals surface area (Å²) in [7, 11) is 0. The second-order valence-corrected chi connectivity index (χ2v) is 13.6. The van der Waals surface area contributed by atoms with Crippen molar-refractivity contribution in [3.63, 3.8) is 0 Å². The zero-order valence-corrected chi connectivity index (χ0v) is 29.9. The van der Waals surface area contributed by atoms with Gasteiger partial charge in [0.15, 0.2) is 0 Å². The van der Waals surface area contributed by atoms with Gasteiger partial charge < -0.3 is 10.6 Å². The summed E-state index contributed by atoms with van der Waals surface area (Å²) in [6, 6.07) is 0.428. The number of unbranched alkanes of at least 4 members (excludes halogenated alkanes) is 22. The van der Waals surface area contributed by atoms with Gasteiger partial charge in [-0.1, -0.05) is 195 Å². The normalized spacial score (nSPS) is 12.7. The lowest BCUT2D eigenvalue weighted by Crippen LogP contribution is -2.41. The molecule has 0 fully saturated rings. The fourth-order valence-electron chi connectivity index (χ4n) is 6.29. The molecule has 256 valence electrons. The van der Waals surface area contributed by atoms with Crippen LogP contribution in [-0.2, 0) is 9.59 Å². The fourth-order valence-corrected chi connectivity index (χ4v) is 6.29. The van der Waals surface area contributed by atoms with Gasteiger partial charge in [-0.3, -0.25) is 9.59 Å². The fraction of sp³-hybridized carbons (Fsp3) is 0.949. The lowest BCUT2D eigenvalue weighted by Gasteiger charge is -2.21. The second-order valence-electron chi connectivity index (χ2n) is 13.6. The maximum Gasteiger partial charge on any atom is 0.229 e. The molecule has 0 aliphatic rings. The maximum absolute atomic E-state index is 12.8. The summed E-state index contributed by atoms with van der Waals surface area (Å²) in [6.07, 6.45) is 38.2. The van der Waals surface area contributed by atoms with Crippen molar-refractivity contribution in [3.8, 4) is 0 Å². The van der Waals surface area contributed by atoms with E-state index < -0.39 is 0 Å². The first kappa shape index (κ1) is 41.9. The lowest BCUT2D eigenvalue weighted by molar-refractivity contribution is -0.130. The van der Waals surface area contributed by atoms with Crippen LogP contribution in [0.2, 0.25) is 0 Å². The molecule has 0 saturated heterocycles. The van der Waals surface area contributed by atoms with E-state index in [1.165, 1.54) is 141 Å². The molecule has 0 heterocycles. The molecule has 0 aromatic carbocycles. The van der Waals surface area contributed by atoms with Crippen molar-refractivity contribution in [2.75, 3.05) is 0 Å². The number of amides is 2. The van der Waals surface area contributed by atoms with E-state index in [1.807, 2.05) is 0 Å². The largest absolute Gasteiger partial charge is 0.353 e. The number of rotatable bonds is 34. The first-order valence-electron chi connectivity index (χ1n) is 19.7. The topological polar surface area (TPSA) is 58.2 Å². The van der Waals surface area contributed by atoms with Gasteiger partial charge in [-0.2, -0.15) is 0 Å². The Morgan fingerprint density at radius 3 is 0.860 bits per heavy atom. The first-order chi connectivity index (χ1) is 21.1. The number of hydrogen-bond donors (Lipinski definition) is 2. The van der Waals surface area contributed by atoms with Gasteiger partial charge in [-0.15, -0.1) is 0 Å². The Morgan fingerprint density at radius 1 is 0.349 bits per heavy atom. The zero-order valence-electron chi connectivity index (χ0n) is 29.9. The number of carbonyl (C=O) groups excluding carboxylic acids is 2. The quantitative estimate of drug-likeness (QED) is 0.0565. The van der Waals surface area contributed by atoms with Gasteiger partial charge in [0.2, 0.25) is 11.8 Å². The van der Waals surface area contributed by atoms with E-state index in [1.54, 1.807) is 0 Å². The minimum atomic E-state index is -0.0920. The minimum absolute atomic E-state index is 0.0260. The molecule has 0 rings (SSSR count). The summed E-state index contributed by atoms with van der Waals surface area (Å²) in [5.74, 6) is -0.184. The molecule has 0 aromatic rings. The average molecular weight is 607 g/mol. The molecule has 4 nitrogen and oxygen atoms in total. The molecule has 2 amide bonds. The third-order valence-corrected chi connectivity index (χ3v) is 9.18. The predicted octanol–water partition coefficient (Wildman–Crippen LogP) is 12.1. The highest BCUT2D eigenvalue weighted by Gasteiger charge is 2.17. The van der Waals surface area contributed by atoms with Crippen LogP contribution in [0.3, 0.4) is 0 Å². The molecule has 0 aromatic heterocycles. The van der Waals surface area contributed by atoms with Gasteiger partial charge in [-0.25, -0.2) is 0 Å². The standard InChI is InChI=1S/C39H78N2O2/c1-5-9-13-15-17-19-21-23-25-27-29-33-36(31-11-7-3)40-38(42)35-39(43)41-37(32-12-8-4)34-30-28-26-24-22-20-18-16-14-10-6-2/h36-37H,5-35H2,1-4H3,(H,40,42)(H,41,43). The summed E-state index contributed by atoms with van der Waals surface area (Å²) < 4.78 is 0. The van der Waals surface area contributed by atoms with Gasteiger partial charge in [-0.05, 0) is 25.7 Å². The van der Waals surface area contributed by atoms with E-state index in [-0.39, 0.29) is 30.3 Å². The van der Waals surface area contributed by atoms with Crippen LogP contribution in [0.4, 0.5) is 0 Å². The van der Waals surface area contributed by atoms with Crippen LogP contribution in [0.25, 0.3) is 0 Å². The summed E-state index contributed by atoms with van der Waals surface area (Å²) in [5, 5.41) is 6.45. The highest BCUT2D eigenvalue weighted by Crippen LogP contribution is 2.16. The van der Waals surface area contributed by atoms with Crippen LogP contribution in [-0.4, -0.2) is 23.9 Å². The molecular weight excluding hydrogens is 528 g/mol. The number of nitrogens with one attached hydrogen (secondary N) is 2. The number of carbonyl (C=O) groups is 2. The molecule has 0 aliphatic carbocycles. The van der Waals surface area contributed by atoms with E-state index in [0.717, 1.165) is 51.4 Å². The van der Waals surface area contributed by atoms with Gasteiger partial charge in [0.05, 0.1) is 0 Å². The summed E-state index contributed by atoms with van der Waals surface area (Å²) in [5.41, 5.74) is 0. The van der Waals surface area contributed by atoms with Crippen LogP contribution >= 0.6 is 0 Å². The Labute approximate surface area is 270 Å². The van der Waals surface area contributed by atoms with E-state index in [9.17, 15) is 9.59 Å². The summed E-state index contributed by atoms with van der Waals surface area (Å²) in [6.45, 7) is 8.97. The van der Waals surface area contributed by atoms with Gasteiger partial charge in [0, 0.05) is 12.1 Å². The van der Waals surface area contributed by atoms with Gasteiger partial charge in [0.1, 0.15) is 6.42 Å². The molecule has 2 atom stereocenters. The Kier molecular flexibility index (Phi) is 33.0. The SMILES string of the molecule is CCCCCCCCCCCCCC(CCCC)NC(=O)CC(=O)NC(CCCC)CCCCCCCCCCCCC. The molecule has 0 radical (unpaired) electrons. The second kappa shape index (κ2) is 33.8. The van der Waals surface area contributed by atoms with Crippen molar-refractivity contribution < 1.29 is 9.59 Å². The molecule has 43 heavy (non-hydrogen) atoms. The van der Waals surface area contributed by atoms with E-state index in [0.29, 0.717) is 0 Å². The molecular formula is C39H78N2O2. The molecule has 0 aliphatic heterocycles. The number of hydrogen-bond acceptors (Lipinski definition) is 2. The van der Waals surface area contributed by atoms with Crippen molar-refractivity contribution in [1.29, 1.82) is 0 Å². The summed E-state index contributed by atoms with van der Waals surface area (Å²) >= 11 is 0. The van der Waals surface area contributed by atoms with Crippen LogP contribution in [0.15, 0.2) is 0 Å². The molecule has 2 N–H and O–H groups in total. The predicted molar refractivity (Wildman–Crippen MR) is 190 cm³/mol. The molecule has 4 heteroatoms. The Morgan fingerprint density at radius 2 is 0.581 bits per heavy atom. The van der Waals surface area contributed by atoms with Crippen LogP contribution in [0.1, 0.15) is 227 Å². The van der Waals surface area contributed by atoms with Crippen LogP contribution in [0, 0.1) is 0 Å². The van der Waals surface area contributed by atoms with Crippen molar-refractivity contribution in [1.82, 2.24) is 10.6 Å². The van der Waals surface area contributed by atoms with Crippen molar-refractivity contribution in [2.45, 2.75) is 239 Å². The maximum atomic E-state index is 12.8. The third kappa shape index (κ3) is 30.7. The minimum Gasteiger partial charge on any atom is -0.353 e. The van der Waals surface area contributed by atoms with Gasteiger partial charge >= 0.3 is 0 Å². The van der Waals surface area contributed by atoms with Crippen molar-refractivity contribution >= 4 is 11.8 Å². The highest BCUT2D eigenvalue weighted by molar-refractivity contribution is 5.97. The van der Waals surface area contributed by atoms with Gasteiger partial charge in [0.25, 0.3) is 0 Å². The van der Waals surface area contributed by atoms with E-state index in [2.05, 4.69) is 38.3 Å². The molecule has 0 saturated carbocycles. The molecule has 0 spiro atoms. The van der Waals surface area contributed by atoms with Crippen molar-refractivity contribution in [3.05, 3.63) is 0 Å². The first-order valence-corrected chi connectivity index (χ1v) is 19.7. The van der Waals surface area contributed by atoms with Crippen LogP contribution in [0.5, 0.6) is 0 Å². The van der Waals surface area contributed by atoms with Crippen LogP contribution < -0.4 is 10.6 Å². The lowest BCUT2D eigenvalue weighted by atomic mass is 10.0. The Bertz CT molecular complexity index is 544. The monoisotopic (exact) mass is 607 g/mol. The highest BCUT2D eigenvalue weighted by atomic mass is 16.2. The van der Waals surface area contributed by atoms with E-state index in [4.69, 9.17) is 0 Å². The Balaban J connectivity index is 4.20. The Hall–Kier alpha value is -1.06. The average Bonchev–Trinajstić information content (AvgIpc) is 2.99. The molecule has 0 bridgehead atoms.